The molecule has 0 aliphatic carbocycles. The second-order valence-electron chi connectivity index (χ2n) is 5.52. The fourth-order valence-corrected chi connectivity index (χ4v) is 2.31. The van der Waals surface area contributed by atoms with E-state index in [2.05, 4.69) is 15.6 Å². The monoisotopic (exact) mass is 360 g/mol. The molecule has 0 saturated carbocycles. The van der Waals surface area contributed by atoms with Crippen LogP contribution < -0.4 is 10.6 Å². The van der Waals surface area contributed by atoms with E-state index < -0.39 is 17.6 Å². The van der Waals surface area contributed by atoms with Crippen LogP contribution in [0.3, 0.4) is 0 Å². The van der Waals surface area contributed by atoms with Crippen molar-refractivity contribution in [2.75, 3.05) is 10.6 Å². The molecular weight excluding hydrogens is 347 g/mol. The normalized spacial score (nSPS) is 9.93. The van der Waals surface area contributed by atoms with Crippen molar-refractivity contribution in [2.45, 2.75) is 0 Å². The minimum absolute atomic E-state index is 0.0117. The number of anilines is 2. The summed E-state index contributed by atoms with van der Waals surface area (Å²) in [4.78, 5) is 28.7. The van der Waals surface area contributed by atoms with E-state index in [-0.39, 0.29) is 17.1 Å². The van der Waals surface area contributed by atoms with E-state index in [0.717, 1.165) is 0 Å². The summed E-state index contributed by atoms with van der Waals surface area (Å²) in [5.41, 5.74) is 1.17. The van der Waals surface area contributed by atoms with Crippen LogP contribution in [0.1, 0.15) is 26.5 Å². The molecule has 2 amide bonds. The zero-order chi connectivity index (χ0) is 19.2. The van der Waals surface area contributed by atoms with Gasteiger partial charge in [-0.15, -0.1) is 0 Å². The third-order valence-electron chi connectivity index (χ3n) is 3.55. The van der Waals surface area contributed by atoms with Gasteiger partial charge in [0.2, 0.25) is 0 Å². The Labute approximate surface area is 154 Å². The van der Waals surface area contributed by atoms with Crippen molar-refractivity contribution in [3.63, 3.8) is 0 Å². The Morgan fingerprint density at radius 2 is 1.41 bits per heavy atom. The number of amides is 2. The lowest BCUT2D eigenvalue weighted by Gasteiger charge is -2.07. The number of aromatic nitrogens is 1. The van der Waals surface area contributed by atoms with Crippen LogP contribution in [0, 0.1) is 17.1 Å². The highest BCUT2D eigenvalue weighted by Crippen LogP contribution is 2.13. The second kappa shape index (κ2) is 7.89. The van der Waals surface area contributed by atoms with Gasteiger partial charge in [0.1, 0.15) is 17.2 Å². The number of carbonyl (C=O) groups is 2. The highest BCUT2D eigenvalue weighted by Gasteiger charge is 2.13. The fraction of sp³-hybridized carbons (Fsp3) is 0. The Hall–Kier alpha value is -4.05. The number of nitrogens with one attached hydrogen (secondary N) is 2. The molecule has 0 atom stereocenters. The zero-order valence-corrected chi connectivity index (χ0v) is 13.9. The van der Waals surface area contributed by atoms with E-state index in [1.807, 2.05) is 6.07 Å². The van der Waals surface area contributed by atoms with Gasteiger partial charge in [0.15, 0.2) is 0 Å². The maximum absolute atomic E-state index is 13.2. The predicted octanol–water partition coefficient (Wildman–Crippen LogP) is 3.60. The molecule has 0 fully saturated rings. The molecule has 0 spiro atoms. The zero-order valence-electron chi connectivity index (χ0n) is 13.9. The van der Waals surface area contributed by atoms with Gasteiger partial charge in [0.05, 0.1) is 11.6 Å². The summed E-state index contributed by atoms with van der Waals surface area (Å²) in [5.74, 6) is -1.57. The summed E-state index contributed by atoms with van der Waals surface area (Å²) in [5, 5.41) is 14.0. The van der Waals surface area contributed by atoms with E-state index in [0.29, 0.717) is 11.3 Å². The first-order valence-electron chi connectivity index (χ1n) is 7.90. The molecule has 2 N–H and O–H groups in total. The molecule has 3 rings (SSSR count). The number of nitriles is 1. The number of hydrogen-bond donors (Lipinski definition) is 2. The minimum atomic E-state index is -0.568. The van der Waals surface area contributed by atoms with Gasteiger partial charge in [0.25, 0.3) is 11.8 Å². The number of rotatable bonds is 4. The molecule has 2 aromatic carbocycles. The van der Waals surface area contributed by atoms with E-state index in [4.69, 9.17) is 5.26 Å². The lowest BCUT2D eigenvalue weighted by Crippen LogP contribution is -2.18. The van der Waals surface area contributed by atoms with Gasteiger partial charge in [-0.1, -0.05) is 18.2 Å². The van der Waals surface area contributed by atoms with Gasteiger partial charge in [0, 0.05) is 11.4 Å². The first-order valence-corrected chi connectivity index (χ1v) is 7.90. The van der Waals surface area contributed by atoms with Crippen molar-refractivity contribution in [2.24, 2.45) is 0 Å². The largest absolute Gasteiger partial charge is 0.321 e. The SMILES string of the molecule is N#Cc1cccc(NC(=O)c2cccc(C(=O)Nc3cccc(F)c3)n2)c1. The average molecular weight is 360 g/mol. The van der Waals surface area contributed by atoms with Crippen LogP contribution >= 0.6 is 0 Å². The van der Waals surface area contributed by atoms with Crippen LogP contribution in [0.4, 0.5) is 15.8 Å². The number of carbonyl (C=O) groups excluding carboxylic acids is 2. The maximum Gasteiger partial charge on any atom is 0.274 e. The minimum Gasteiger partial charge on any atom is -0.321 e. The number of halogens is 1. The molecule has 3 aromatic rings. The van der Waals surface area contributed by atoms with Gasteiger partial charge in [-0.2, -0.15) is 5.26 Å². The molecule has 0 aliphatic heterocycles. The molecule has 0 saturated heterocycles. The molecule has 1 heterocycles. The number of nitrogens with zero attached hydrogens (tertiary/aromatic N) is 2. The van der Waals surface area contributed by atoms with Gasteiger partial charge in [-0.05, 0) is 48.5 Å². The van der Waals surface area contributed by atoms with Gasteiger partial charge < -0.3 is 10.6 Å². The molecule has 0 bridgehead atoms. The number of hydrogen-bond acceptors (Lipinski definition) is 4. The Morgan fingerprint density at radius 3 is 2.00 bits per heavy atom. The van der Waals surface area contributed by atoms with Crippen molar-refractivity contribution in [3.05, 3.63) is 89.5 Å². The van der Waals surface area contributed by atoms with Crippen molar-refractivity contribution < 1.29 is 14.0 Å². The second-order valence-corrected chi connectivity index (χ2v) is 5.52. The van der Waals surface area contributed by atoms with Gasteiger partial charge in [-0.25, -0.2) is 9.37 Å². The van der Waals surface area contributed by atoms with E-state index in [9.17, 15) is 14.0 Å². The molecule has 0 radical (unpaired) electrons. The van der Waals surface area contributed by atoms with Crippen LogP contribution in [0.5, 0.6) is 0 Å². The molecule has 0 unspecified atom stereocenters. The standard InChI is InChI=1S/C20H13FN4O2/c21-14-5-2-7-16(11-14)24-20(27)18-9-3-8-17(25-18)19(26)23-15-6-1-4-13(10-15)12-22/h1-11H,(H,23,26)(H,24,27). The maximum atomic E-state index is 13.2. The van der Waals surface area contributed by atoms with E-state index >= 15 is 0 Å². The predicted molar refractivity (Wildman–Crippen MR) is 97.7 cm³/mol. The van der Waals surface area contributed by atoms with Crippen molar-refractivity contribution in [1.82, 2.24) is 4.98 Å². The smallest absolute Gasteiger partial charge is 0.274 e. The summed E-state index contributed by atoms with van der Waals surface area (Å²) < 4.78 is 13.2. The Bertz CT molecular complexity index is 1060. The molecular formula is C20H13FN4O2. The summed E-state index contributed by atoms with van der Waals surface area (Å²) in [7, 11) is 0. The Kier molecular flexibility index (Phi) is 5.19. The quantitative estimate of drug-likeness (QED) is 0.743. The summed E-state index contributed by atoms with van der Waals surface area (Å²) in [6.07, 6.45) is 0. The molecule has 1 aromatic heterocycles. The summed E-state index contributed by atoms with van der Waals surface area (Å²) >= 11 is 0. The highest BCUT2D eigenvalue weighted by atomic mass is 19.1. The topological polar surface area (TPSA) is 94.9 Å². The Morgan fingerprint density at radius 1 is 0.852 bits per heavy atom. The van der Waals surface area contributed by atoms with Gasteiger partial charge in [-0.3, -0.25) is 9.59 Å². The number of pyridine rings is 1. The average Bonchev–Trinajstić information content (AvgIpc) is 2.68. The van der Waals surface area contributed by atoms with Gasteiger partial charge >= 0.3 is 0 Å². The first-order chi connectivity index (χ1) is 13.0. The number of benzene rings is 2. The third kappa shape index (κ3) is 4.52. The van der Waals surface area contributed by atoms with Crippen LogP contribution in [-0.4, -0.2) is 16.8 Å². The van der Waals surface area contributed by atoms with Crippen LogP contribution in [0.25, 0.3) is 0 Å². The first kappa shape index (κ1) is 17.8. The van der Waals surface area contributed by atoms with E-state index in [1.165, 1.54) is 42.5 Å². The highest BCUT2D eigenvalue weighted by molar-refractivity contribution is 6.06. The van der Waals surface area contributed by atoms with Crippen LogP contribution in [0.15, 0.2) is 66.7 Å². The molecule has 0 aliphatic rings. The summed E-state index contributed by atoms with van der Waals surface area (Å²) in [6.45, 7) is 0. The molecule has 7 heteroatoms. The third-order valence-corrected chi connectivity index (χ3v) is 3.55. The molecule has 6 nitrogen and oxygen atoms in total. The Balaban J connectivity index is 1.75. The fourth-order valence-electron chi connectivity index (χ4n) is 2.31. The molecule has 132 valence electrons. The van der Waals surface area contributed by atoms with Crippen molar-refractivity contribution >= 4 is 23.2 Å². The molecule has 27 heavy (non-hydrogen) atoms. The van der Waals surface area contributed by atoms with Crippen LogP contribution in [0.2, 0.25) is 0 Å². The van der Waals surface area contributed by atoms with Crippen molar-refractivity contribution in [3.8, 4) is 6.07 Å². The van der Waals surface area contributed by atoms with Crippen molar-refractivity contribution in [1.29, 1.82) is 5.26 Å². The summed E-state index contributed by atoms with van der Waals surface area (Å²) in [6, 6.07) is 18.3. The van der Waals surface area contributed by atoms with Crippen LogP contribution in [-0.2, 0) is 0 Å². The lowest BCUT2D eigenvalue weighted by molar-refractivity contribution is 0.101. The van der Waals surface area contributed by atoms with E-state index in [1.54, 1.807) is 24.3 Å². The lowest BCUT2D eigenvalue weighted by atomic mass is 10.2.